The van der Waals surface area contributed by atoms with Crippen LogP contribution in [0.15, 0.2) is 24.3 Å². The third-order valence-electron chi connectivity index (χ3n) is 5.32. The van der Waals surface area contributed by atoms with Crippen LogP contribution in [0.1, 0.15) is 25.7 Å². The van der Waals surface area contributed by atoms with Gasteiger partial charge in [0, 0.05) is 38.8 Å². The zero-order chi connectivity index (χ0) is 17.1. The summed E-state index contributed by atoms with van der Waals surface area (Å²) in [5.74, 6) is 0.960. The molecular weight excluding hydrogens is 334 g/mol. The van der Waals surface area contributed by atoms with E-state index in [1.54, 1.807) is 11.3 Å². The van der Waals surface area contributed by atoms with Gasteiger partial charge in [0.15, 0.2) is 5.13 Å². The highest BCUT2D eigenvalue weighted by molar-refractivity contribution is 7.22. The molecule has 2 fully saturated rings. The predicted octanol–water partition coefficient (Wildman–Crippen LogP) is 3.06. The minimum atomic E-state index is 0.144. The highest BCUT2D eigenvalue weighted by Crippen LogP contribution is 2.31. The molecule has 1 N–H and O–H groups in total. The Balaban J connectivity index is 1.28. The van der Waals surface area contributed by atoms with Crippen LogP contribution in [0.25, 0.3) is 10.2 Å². The van der Waals surface area contributed by atoms with E-state index in [0.29, 0.717) is 5.92 Å². The van der Waals surface area contributed by atoms with Gasteiger partial charge in [-0.25, -0.2) is 4.98 Å². The van der Waals surface area contributed by atoms with E-state index in [2.05, 4.69) is 28.4 Å². The van der Waals surface area contributed by atoms with Crippen LogP contribution in [0, 0.1) is 11.8 Å². The first-order valence-corrected chi connectivity index (χ1v) is 10.1. The van der Waals surface area contributed by atoms with Crippen LogP contribution >= 0.6 is 11.3 Å². The Morgan fingerprint density at radius 2 is 1.96 bits per heavy atom. The molecule has 0 unspecified atom stereocenters. The first-order valence-electron chi connectivity index (χ1n) is 9.25. The molecular formula is C19H25N3O2S. The largest absolute Gasteiger partial charge is 0.381 e. The van der Waals surface area contributed by atoms with E-state index < -0.39 is 0 Å². The Bertz CT molecular complexity index is 685. The average Bonchev–Trinajstić information content (AvgIpc) is 3.11. The minimum Gasteiger partial charge on any atom is -0.381 e. The molecule has 5 nitrogen and oxygen atoms in total. The van der Waals surface area contributed by atoms with Crippen LogP contribution in [-0.4, -0.2) is 43.7 Å². The molecule has 4 rings (SSSR count). The predicted molar refractivity (Wildman–Crippen MR) is 101 cm³/mol. The number of hydrogen-bond donors (Lipinski definition) is 1. The summed E-state index contributed by atoms with van der Waals surface area (Å²) in [4.78, 5) is 19.5. The maximum absolute atomic E-state index is 12.5. The molecule has 2 aliphatic heterocycles. The number of hydrogen-bond acceptors (Lipinski definition) is 5. The summed E-state index contributed by atoms with van der Waals surface area (Å²) < 4.78 is 6.61. The van der Waals surface area contributed by atoms with Crippen molar-refractivity contribution in [2.45, 2.75) is 25.7 Å². The number of carbonyl (C=O) groups excluding carboxylic acids is 1. The molecule has 0 radical (unpaired) electrons. The van der Waals surface area contributed by atoms with Crippen LogP contribution in [0.4, 0.5) is 5.13 Å². The average molecular weight is 359 g/mol. The molecule has 3 heterocycles. The first kappa shape index (κ1) is 16.8. The molecule has 1 aromatic carbocycles. The van der Waals surface area contributed by atoms with Gasteiger partial charge in [0.05, 0.1) is 10.2 Å². The van der Waals surface area contributed by atoms with Gasteiger partial charge in [-0.1, -0.05) is 23.5 Å². The number of anilines is 1. The Kier molecular flexibility index (Phi) is 5.17. The quantitative estimate of drug-likeness (QED) is 0.912. The number of carbonyl (C=O) groups is 1. The highest BCUT2D eigenvalue weighted by Gasteiger charge is 2.27. The summed E-state index contributed by atoms with van der Waals surface area (Å²) in [6.07, 6.45) is 3.96. The monoisotopic (exact) mass is 359 g/mol. The van der Waals surface area contributed by atoms with Crippen LogP contribution in [0.3, 0.4) is 0 Å². The molecule has 2 aromatic rings. The molecule has 0 atom stereocenters. The lowest BCUT2D eigenvalue weighted by Crippen LogP contribution is -2.42. The zero-order valence-corrected chi connectivity index (χ0v) is 15.3. The third kappa shape index (κ3) is 3.96. The smallest absolute Gasteiger partial charge is 0.223 e. The molecule has 0 aliphatic carbocycles. The standard InChI is InChI=1S/C19H25N3O2S/c23-18(20-13-14-7-11-24-12-8-14)15-5-9-22(10-6-15)19-21-16-3-1-2-4-17(16)25-19/h1-4,14-15H,5-13H2,(H,20,23). The van der Waals surface area contributed by atoms with E-state index in [1.807, 2.05) is 6.07 Å². The lowest BCUT2D eigenvalue weighted by Gasteiger charge is -2.31. The highest BCUT2D eigenvalue weighted by atomic mass is 32.1. The van der Waals surface area contributed by atoms with Crippen LogP contribution in [-0.2, 0) is 9.53 Å². The Morgan fingerprint density at radius 3 is 2.72 bits per heavy atom. The molecule has 0 spiro atoms. The van der Waals surface area contributed by atoms with Gasteiger partial charge >= 0.3 is 0 Å². The second kappa shape index (κ2) is 7.70. The van der Waals surface area contributed by atoms with E-state index in [4.69, 9.17) is 9.72 Å². The van der Waals surface area contributed by atoms with E-state index in [9.17, 15) is 4.79 Å². The van der Waals surface area contributed by atoms with Crippen LogP contribution in [0.2, 0.25) is 0 Å². The molecule has 1 amide bonds. The van der Waals surface area contributed by atoms with Gasteiger partial charge in [-0.3, -0.25) is 4.79 Å². The number of benzene rings is 1. The van der Waals surface area contributed by atoms with E-state index >= 15 is 0 Å². The summed E-state index contributed by atoms with van der Waals surface area (Å²) >= 11 is 1.74. The van der Waals surface area contributed by atoms with Crippen molar-refractivity contribution in [1.29, 1.82) is 0 Å². The summed E-state index contributed by atoms with van der Waals surface area (Å²) in [6.45, 7) is 4.30. The number of thiazole rings is 1. The van der Waals surface area contributed by atoms with Gasteiger partial charge in [-0.05, 0) is 43.7 Å². The normalized spacial score (nSPS) is 20.1. The fourth-order valence-electron chi connectivity index (χ4n) is 3.67. The van der Waals surface area contributed by atoms with E-state index in [0.717, 1.165) is 69.2 Å². The van der Waals surface area contributed by atoms with Gasteiger partial charge in [-0.2, -0.15) is 0 Å². The van der Waals surface area contributed by atoms with Crippen molar-refractivity contribution in [1.82, 2.24) is 10.3 Å². The first-order chi connectivity index (χ1) is 12.3. The number of aromatic nitrogens is 1. The SMILES string of the molecule is O=C(NCC1CCOCC1)C1CCN(c2nc3ccccc3s2)CC1. The van der Waals surface area contributed by atoms with Gasteiger partial charge in [0.1, 0.15) is 0 Å². The molecule has 0 bridgehead atoms. The number of ether oxygens (including phenoxy) is 1. The lowest BCUT2D eigenvalue weighted by atomic mass is 9.95. The van der Waals surface area contributed by atoms with E-state index in [1.165, 1.54) is 4.70 Å². The van der Waals surface area contributed by atoms with Crippen molar-refractivity contribution in [3.63, 3.8) is 0 Å². The Labute approximate surface area is 152 Å². The fourth-order valence-corrected chi connectivity index (χ4v) is 4.69. The van der Waals surface area contributed by atoms with Crippen LogP contribution in [0.5, 0.6) is 0 Å². The maximum atomic E-state index is 12.5. The van der Waals surface area contributed by atoms with Crippen molar-refractivity contribution >= 4 is 32.6 Å². The summed E-state index contributed by atoms with van der Waals surface area (Å²) in [7, 11) is 0. The zero-order valence-electron chi connectivity index (χ0n) is 14.4. The number of amides is 1. The van der Waals surface area contributed by atoms with Crippen molar-refractivity contribution in [3.05, 3.63) is 24.3 Å². The summed E-state index contributed by atoms with van der Waals surface area (Å²) in [5.41, 5.74) is 1.07. The number of rotatable bonds is 4. The molecule has 2 saturated heterocycles. The second-order valence-corrected chi connectivity index (χ2v) is 8.04. The van der Waals surface area contributed by atoms with Crippen molar-refractivity contribution < 1.29 is 9.53 Å². The van der Waals surface area contributed by atoms with E-state index in [-0.39, 0.29) is 11.8 Å². The molecule has 2 aliphatic rings. The summed E-state index contributed by atoms with van der Waals surface area (Å²) in [5, 5.41) is 4.26. The molecule has 1 aromatic heterocycles. The van der Waals surface area contributed by atoms with Gasteiger partial charge in [-0.15, -0.1) is 0 Å². The number of nitrogens with zero attached hydrogens (tertiary/aromatic N) is 2. The Hall–Kier alpha value is -1.66. The summed E-state index contributed by atoms with van der Waals surface area (Å²) in [6, 6.07) is 8.26. The fraction of sp³-hybridized carbons (Fsp3) is 0.579. The Morgan fingerprint density at radius 1 is 1.20 bits per heavy atom. The lowest BCUT2D eigenvalue weighted by molar-refractivity contribution is -0.125. The minimum absolute atomic E-state index is 0.144. The molecule has 0 saturated carbocycles. The van der Waals surface area contributed by atoms with Crippen molar-refractivity contribution in [2.75, 3.05) is 37.7 Å². The maximum Gasteiger partial charge on any atom is 0.223 e. The van der Waals surface area contributed by atoms with Gasteiger partial charge < -0.3 is 15.0 Å². The van der Waals surface area contributed by atoms with Crippen molar-refractivity contribution in [3.8, 4) is 0 Å². The number of para-hydroxylation sites is 1. The molecule has 6 heteroatoms. The number of piperidine rings is 1. The third-order valence-corrected chi connectivity index (χ3v) is 6.42. The second-order valence-electron chi connectivity index (χ2n) is 7.03. The van der Waals surface area contributed by atoms with Crippen LogP contribution < -0.4 is 10.2 Å². The topological polar surface area (TPSA) is 54.5 Å². The number of fused-ring (bicyclic) bond motifs is 1. The van der Waals surface area contributed by atoms with Crippen molar-refractivity contribution in [2.24, 2.45) is 11.8 Å². The number of nitrogens with one attached hydrogen (secondary N) is 1. The molecule has 25 heavy (non-hydrogen) atoms. The van der Waals surface area contributed by atoms with Gasteiger partial charge in [0.2, 0.25) is 5.91 Å². The van der Waals surface area contributed by atoms with Gasteiger partial charge in [0.25, 0.3) is 0 Å². The molecule has 134 valence electrons.